The molecule has 0 bridgehead atoms. The Morgan fingerprint density at radius 1 is 1.14 bits per heavy atom. The van der Waals surface area contributed by atoms with Gasteiger partial charge in [0.05, 0.1) is 22.1 Å². The topological polar surface area (TPSA) is 129 Å². The molecule has 11 nitrogen and oxygen atoms in total. The second kappa shape index (κ2) is 11.1. The van der Waals surface area contributed by atoms with Gasteiger partial charge in [-0.3, -0.25) is 19.2 Å². The Morgan fingerprint density at radius 3 is 2.43 bits per heavy atom. The highest BCUT2D eigenvalue weighted by Crippen LogP contribution is 2.36. The summed E-state index contributed by atoms with van der Waals surface area (Å²) in [5.41, 5.74) is -0.657. The Morgan fingerprint density at radius 2 is 1.80 bits per heavy atom. The molecule has 0 aliphatic carbocycles. The Labute approximate surface area is 225 Å². The Bertz CT molecular complexity index is 1310. The number of anilines is 1. The fourth-order valence-corrected chi connectivity index (χ4v) is 6.55. The van der Waals surface area contributed by atoms with E-state index in [9.17, 15) is 19.8 Å². The first-order valence-electron chi connectivity index (χ1n) is 10.9. The zero-order valence-corrected chi connectivity index (χ0v) is 23.6. The van der Waals surface area contributed by atoms with Crippen molar-refractivity contribution in [2.75, 3.05) is 50.8 Å². The number of β-amino-alcohol motifs (C(OH)–C–C–N with tert-alkyl or cyclic N) is 1. The molecule has 14 heteroatoms. The predicted octanol–water partition coefficient (Wildman–Crippen LogP) is 1.27. The van der Waals surface area contributed by atoms with Gasteiger partial charge >= 0.3 is 5.69 Å². The van der Waals surface area contributed by atoms with Gasteiger partial charge < -0.3 is 24.4 Å². The minimum Gasteiger partial charge on any atom is -0.488 e. The molecule has 3 heterocycles. The monoisotopic (exact) mass is 678 g/mol. The molecule has 1 aliphatic heterocycles. The Hall–Kier alpha value is -1.71. The van der Waals surface area contributed by atoms with E-state index in [0.717, 1.165) is 17.6 Å². The third kappa shape index (κ3) is 5.67. The van der Waals surface area contributed by atoms with E-state index >= 15 is 0 Å². The molecular weight excluding hydrogens is 656 g/mol. The fourth-order valence-electron chi connectivity index (χ4n) is 4.06. The molecule has 1 unspecified atom stereocenters. The molecule has 0 radical (unpaired) electrons. The number of ether oxygens (including phenoxy) is 1. The van der Waals surface area contributed by atoms with E-state index in [0.29, 0.717) is 40.3 Å². The van der Waals surface area contributed by atoms with Crippen LogP contribution < -0.4 is 20.9 Å². The van der Waals surface area contributed by atoms with Gasteiger partial charge in [0.2, 0.25) is 5.95 Å². The maximum atomic E-state index is 12.8. The molecule has 1 saturated heterocycles. The van der Waals surface area contributed by atoms with Crippen molar-refractivity contribution in [3.05, 3.63) is 46.4 Å². The number of benzene rings is 1. The van der Waals surface area contributed by atoms with E-state index in [2.05, 4.69) is 62.7 Å². The largest absolute Gasteiger partial charge is 0.488 e. The van der Waals surface area contributed by atoms with Crippen molar-refractivity contribution in [1.82, 2.24) is 24.0 Å². The van der Waals surface area contributed by atoms with E-state index in [1.54, 1.807) is 11.6 Å². The number of nitrogens with one attached hydrogen (secondary N) is 1. The number of aliphatic hydroxyl groups excluding tert-OH is 2. The number of aryl methyl sites for hydroxylation is 1. The highest BCUT2D eigenvalue weighted by Gasteiger charge is 2.26. The van der Waals surface area contributed by atoms with Gasteiger partial charge in [-0.1, -0.05) is 15.9 Å². The van der Waals surface area contributed by atoms with Crippen molar-refractivity contribution in [3.63, 3.8) is 0 Å². The molecule has 0 amide bonds. The summed E-state index contributed by atoms with van der Waals surface area (Å²) in [4.78, 5) is 36.1. The molecule has 1 atom stereocenters. The van der Waals surface area contributed by atoms with Gasteiger partial charge in [-0.05, 0) is 44.0 Å². The molecule has 1 aliphatic rings. The number of aromatic amines is 1. The average molecular weight is 681 g/mol. The summed E-state index contributed by atoms with van der Waals surface area (Å²) >= 11 is 10.3. The zero-order valence-electron chi connectivity index (χ0n) is 18.9. The molecule has 0 spiro atoms. The van der Waals surface area contributed by atoms with Gasteiger partial charge in [0.25, 0.3) is 5.56 Å². The molecule has 2 aromatic heterocycles. The minimum absolute atomic E-state index is 0.0358. The maximum absolute atomic E-state index is 12.8. The summed E-state index contributed by atoms with van der Waals surface area (Å²) in [5.74, 6) is 1.05. The molecule has 190 valence electrons. The summed E-state index contributed by atoms with van der Waals surface area (Å²) in [7, 11) is 1.54. The second-order valence-corrected chi connectivity index (χ2v) is 10.9. The lowest BCUT2D eigenvalue weighted by molar-refractivity contribution is 0.0927. The van der Waals surface area contributed by atoms with Gasteiger partial charge in [-0.25, -0.2) is 4.79 Å². The number of fused-ring (bicyclic) bond motifs is 1. The predicted molar refractivity (Wildman–Crippen MR) is 142 cm³/mol. The van der Waals surface area contributed by atoms with Gasteiger partial charge in [-0.15, -0.1) is 0 Å². The number of aromatic nitrogens is 4. The highest BCUT2D eigenvalue weighted by molar-refractivity contribution is 9.11. The number of imidazole rings is 1. The highest BCUT2D eigenvalue weighted by atomic mass is 79.9. The first-order valence-corrected chi connectivity index (χ1v) is 13.3. The third-order valence-electron chi connectivity index (χ3n) is 5.83. The van der Waals surface area contributed by atoms with Crippen LogP contribution in [-0.2, 0) is 13.6 Å². The molecular formula is C21H25Br3N6O5. The van der Waals surface area contributed by atoms with Crippen LogP contribution >= 0.6 is 47.8 Å². The van der Waals surface area contributed by atoms with Gasteiger partial charge in [-0.2, -0.15) is 4.98 Å². The maximum Gasteiger partial charge on any atom is 0.329 e. The van der Waals surface area contributed by atoms with E-state index < -0.39 is 17.4 Å². The molecule has 35 heavy (non-hydrogen) atoms. The number of aliphatic hydroxyl groups is 2. The van der Waals surface area contributed by atoms with Crippen LogP contribution in [0.4, 0.5) is 5.95 Å². The van der Waals surface area contributed by atoms with Crippen LogP contribution in [0.2, 0.25) is 0 Å². The summed E-state index contributed by atoms with van der Waals surface area (Å²) in [5, 5.41) is 20.1. The lowest BCUT2D eigenvalue weighted by atomic mass is 10.3. The van der Waals surface area contributed by atoms with Crippen LogP contribution in [0.15, 0.2) is 35.1 Å². The molecule has 3 aromatic rings. The van der Waals surface area contributed by atoms with E-state index in [1.807, 2.05) is 17.0 Å². The molecule has 0 saturated carbocycles. The van der Waals surface area contributed by atoms with Crippen molar-refractivity contribution in [2.24, 2.45) is 7.05 Å². The first-order chi connectivity index (χ1) is 16.7. The number of halogens is 3. The number of hydrogen-bond acceptors (Lipinski definition) is 8. The third-order valence-corrected chi connectivity index (χ3v) is 7.47. The van der Waals surface area contributed by atoms with Crippen molar-refractivity contribution >= 4 is 64.9 Å². The number of hydrogen-bond donors (Lipinski definition) is 3. The number of nitrogens with zero attached hydrogens (tertiary/aromatic N) is 5. The lowest BCUT2D eigenvalue weighted by Gasteiger charge is -2.35. The Balaban J connectivity index is 1.63. The van der Waals surface area contributed by atoms with Crippen LogP contribution in [0, 0.1) is 0 Å². The smallest absolute Gasteiger partial charge is 0.329 e. The van der Waals surface area contributed by atoms with Crippen LogP contribution in [-0.4, -0.2) is 86.3 Å². The normalized spacial score (nSPS) is 15.7. The summed E-state index contributed by atoms with van der Waals surface area (Å²) in [6.07, 6.45) is -0.971. The van der Waals surface area contributed by atoms with Gasteiger partial charge in [0.15, 0.2) is 11.2 Å². The number of H-pyrrole nitrogens is 1. The molecule has 4 rings (SSSR count). The first kappa shape index (κ1) is 26.4. The molecule has 1 fully saturated rings. The lowest BCUT2D eigenvalue weighted by Crippen LogP contribution is -2.48. The molecule has 1 aromatic carbocycles. The quantitative estimate of drug-likeness (QED) is 0.325. The Kier molecular flexibility index (Phi) is 8.38. The van der Waals surface area contributed by atoms with Crippen molar-refractivity contribution in [1.29, 1.82) is 0 Å². The zero-order chi connectivity index (χ0) is 25.3. The second-order valence-electron chi connectivity index (χ2n) is 8.23. The SMILES string of the molecule is Cn1c(=O)[nH]c(=O)c2c1nc(N1CCN(CCO)CC1)n2CC(O)COc1c(Br)cc(Br)cc1Br. The van der Waals surface area contributed by atoms with Crippen LogP contribution in [0.3, 0.4) is 0 Å². The van der Waals surface area contributed by atoms with Crippen molar-refractivity contribution in [2.45, 2.75) is 12.6 Å². The van der Waals surface area contributed by atoms with E-state index in [-0.39, 0.29) is 30.9 Å². The van der Waals surface area contributed by atoms with E-state index in [4.69, 9.17) is 4.74 Å². The van der Waals surface area contributed by atoms with Gasteiger partial charge in [0, 0.05) is 44.2 Å². The van der Waals surface area contributed by atoms with E-state index in [1.165, 1.54) is 4.57 Å². The van der Waals surface area contributed by atoms with Crippen LogP contribution in [0.1, 0.15) is 0 Å². The van der Waals surface area contributed by atoms with Crippen molar-refractivity contribution < 1.29 is 14.9 Å². The standard InChI is InChI=1S/C21H25Br3N6O5/c1-27-18-16(19(33)26-21(27)34)30(20(25-18)29-4-2-28(3-5-29)6-7-31)10-13(32)11-35-17-14(23)8-12(22)9-15(17)24/h8-9,13,31-32H,2-7,10-11H2,1H3,(H,26,33,34). The van der Waals surface area contributed by atoms with Crippen molar-refractivity contribution in [3.8, 4) is 5.75 Å². The minimum atomic E-state index is -0.971. The van der Waals surface area contributed by atoms with Gasteiger partial charge in [0.1, 0.15) is 18.5 Å². The number of rotatable bonds is 8. The summed E-state index contributed by atoms with van der Waals surface area (Å²) < 4.78 is 11.1. The molecule has 3 N–H and O–H groups in total. The van der Waals surface area contributed by atoms with Crippen LogP contribution in [0.5, 0.6) is 5.75 Å². The average Bonchev–Trinajstić information content (AvgIpc) is 3.17. The summed E-state index contributed by atoms with van der Waals surface area (Å²) in [6.45, 7) is 3.37. The number of piperazine rings is 1. The fraction of sp³-hybridized carbons (Fsp3) is 0.476. The summed E-state index contributed by atoms with van der Waals surface area (Å²) in [6, 6.07) is 3.68. The van der Waals surface area contributed by atoms with Crippen LogP contribution in [0.25, 0.3) is 11.2 Å².